The van der Waals surface area contributed by atoms with E-state index in [1.807, 2.05) is 18.2 Å². The Morgan fingerprint density at radius 3 is 2.64 bits per heavy atom. The Hall–Kier alpha value is -0.600. The normalized spacial score (nSPS) is 14.1. The standard InChI is InChI=1S/C12H16BrN/c1-2-12(14)9-11(13)8-10-6-4-3-5-7-10/h3-8,12H,2,9,14H2,1H3/b11-8-. The maximum Gasteiger partial charge on any atom is 0.00818 e. The summed E-state index contributed by atoms with van der Waals surface area (Å²) in [5, 5.41) is 0. The molecule has 1 aromatic carbocycles. The molecule has 0 amide bonds. The lowest BCUT2D eigenvalue weighted by Gasteiger charge is -2.07. The first-order valence-electron chi connectivity index (χ1n) is 4.89. The van der Waals surface area contributed by atoms with E-state index in [0.29, 0.717) is 0 Å². The van der Waals surface area contributed by atoms with Crippen LogP contribution in [-0.2, 0) is 0 Å². The molecule has 0 spiro atoms. The fourth-order valence-corrected chi connectivity index (χ4v) is 1.86. The highest BCUT2D eigenvalue weighted by Gasteiger charge is 2.00. The van der Waals surface area contributed by atoms with Crippen LogP contribution in [0.2, 0.25) is 0 Å². The summed E-state index contributed by atoms with van der Waals surface area (Å²) in [4.78, 5) is 0. The maximum absolute atomic E-state index is 5.86. The Bertz CT molecular complexity index is 292. The van der Waals surface area contributed by atoms with Crippen molar-refractivity contribution in [2.45, 2.75) is 25.8 Å². The van der Waals surface area contributed by atoms with Crippen molar-refractivity contribution in [3.05, 3.63) is 40.4 Å². The highest BCUT2D eigenvalue weighted by Crippen LogP contribution is 2.17. The second-order valence-corrected chi connectivity index (χ2v) is 4.39. The zero-order valence-electron chi connectivity index (χ0n) is 8.41. The number of nitrogens with two attached hydrogens (primary N) is 1. The van der Waals surface area contributed by atoms with Gasteiger partial charge in [0.25, 0.3) is 0 Å². The van der Waals surface area contributed by atoms with Crippen LogP contribution >= 0.6 is 15.9 Å². The Balaban J connectivity index is 2.60. The quantitative estimate of drug-likeness (QED) is 0.873. The lowest BCUT2D eigenvalue weighted by Crippen LogP contribution is -2.17. The minimum Gasteiger partial charge on any atom is -0.327 e. The molecule has 0 aliphatic heterocycles. The van der Waals surface area contributed by atoms with Gasteiger partial charge in [-0.05, 0) is 29.0 Å². The molecule has 0 aliphatic carbocycles. The molecule has 1 atom stereocenters. The van der Waals surface area contributed by atoms with Crippen molar-refractivity contribution in [3.8, 4) is 0 Å². The van der Waals surface area contributed by atoms with Crippen molar-refractivity contribution in [1.29, 1.82) is 0 Å². The molecule has 0 saturated carbocycles. The van der Waals surface area contributed by atoms with Gasteiger partial charge in [0.15, 0.2) is 0 Å². The average molecular weight is 254 g/mol. The zero-order valence-corrected chi connectivity index (χ0v) is 10.00. The first-order valence-corrected chi connectivity index (χ1v) is 5.68. The van der Waals surface area contributed by atoms with Gasteiger partial charge in [-0.3, -0.25) is 0 Å². The summed E-state index contributed by atoms with van der Waals surface area (Å²) < 4.78 is 1.16. The van der Waals surface area contributed by atoms with Crippen molar-refractivity contribution < 1.29 is 0 Å². The van der Waals surface area contributed by atoms with Gasteiger partial charge in [0.05, 0.1) is 0 Å². The van der Waals surface area contributed by atoms with Gasteiger partial charge in [-0.25, -0.2) is 0 Å². The van der Waals surface area contributed by atoms with Gasteiger partial charge in [0.1, 0.15) is 0 Å². The van der Waals surface area contributed by atoms with Crippen molar-refractivity contribution in [1.82, 2.24) is 0 Å². The summed E-state index contributed by atoms with van der Waals surface area (Å²) in [7, 11) is 0. The van der Waals surface area contributed by atoms with E-state index in [0.717, 1.165) is 17.3 Å². The van der Waals surface area contributed by atoms with Crippen LogP contribution in [0.25, 0.3) is 6.08 Å². The molecule has 2 heteroatoms. The van der Waals surface area contributed by atoms with Crippen LogP contribution in [0.15, 0.2) is 34.8 Å². The van der Waals surface area contributed by atoms with E-state index >= 15 is 0 Å². The van der Waals surface area contributed by atoms with Crippen molar-refractivity contribution in [2.24, 2.45) is 5.73 Å². The number of benzene rings is 1. The molecule has 0 bridgehead atoms. The summed E-state index contributed by atoms with van der Waals surface area (Å²) in [6, 6.07) is 10.5. The molecule has 76 valence electrons. The van der Waals surface area contributed by atoms with Gasteiger partial charge in [-0.1, -0.05) is 53.2 Å². The Morgan fingerprint density at radius 2 is 2.07 bits per heavy atom. The van der Waals surface area contributed by atoms with Crippen molar-refractivity contribution in [2.75, 3.05) is 0 Å². The molecule has 1 nitrogen and oxygen atoms in total. The predicted molar refractivity (Wildman–Crippen MR) is 66.2 cm³/mol. The van der Waals surface area contributed by atoms with Crippen LogP contribution < -0.4 is 5.73 Å². The topological polar surface area (TPSA) is 26.0 Å². The van der Waals surface area contributed by atoms with E-state index in [1.54, 1.807) is 0 Å². The molecule has 1 aromatic rings. The second-order valence-electron chi connectivity index (χ2n) is 3.37. The lowest BCUT2D eigenvalue weighted by atomic mass is 10.1. The summed E-state index contributed by atoms with van der Waals surface area (Å²) >= 11 is 3.54. The van der Waals surface area contributed by atoms with E-state index in [2.05, 4.69) is 41.1 Å². The van der Waals surface area contributed by atoms with E-state index in [4.69, 9.17) is 5.73 Å². The minimum atomic E-state index is 0.254. The summed E-state index contributed by atoms with van der Waals surface area (Å²) in [6.45, 7) is 2.10. The van der Waals surface area contributed by atoms with Gasteiger partial charge < -0.3 is 5.73 Å². The molecule has 1 unspecified atom stereocenters. The third-order valence-electron chi connectivity index (χ3n) is 2.10. The molecule has 0 fully saturated rings. The van der Waals surface area contributed by atoms with E-state index in [9.17, 15) is 0 Å². The molecule has 0 heterocycles. The second kappa shape index (κ2) is 5.99. The molecular weight excluding hydrogens is 238 g/mol. The SMILES string of the molecule is CCC(N)C/C(Br)=C/c1ccccc1. The van der Waals surface area contributed by atoms with Crippen LogP contribution in [0, 0.1) is 0 Å². The first kappa shape index (κ1) is 11.5. The fourth-order valence-electron chi connectivity index (χ4n) is 1.18. The lowest BCUT2D eigenvalue weighted by molar-refractivity contribution is 0.657. The van der Waals surface area contributed by atoms with Gasteiger partial charge in [-0.15, -0.1) is 0 Å². The molecule has 14 heavy (non-hydrogen) atoms. The van der Waals surface area contributed by atoms with Crippen LogP contribution in [-0.4, -0.2) is 6.04 Å². The first-order chi connectivity index (χ1) is 6.72. The van der Waals surface area contributed by atoms with Crippen molar-refractivity contribution in [3.63, 3.8) is 0 Å². The summed E-state index contributed by atoms with van der Waals surface area (Å²) in [6.07, 6.45) is 4.04. The van der Waals surface area contributed by atoms with E-state index in [-0.39, 0.29) is 6.04 Å². The summed E-state index contributed by atoms with van der Waals surface area (Å²) in [5.41, 5.74) is 7.07. The minimum absolute atomic E-state index is 0.254. The van der Waals surface area contributed by atoms with Gasteiger partial charge in [0, 0.05) is 6.04 Å². The fraction of sp³-hybridized carbons (Fsp3) is 0.333. The molecule has 0 aromatic heterocycles. The number of hydrogen-bond donors (Lipinski definition) is 1. The highest BCUT2D eigenvalue weighted by molar-refractivity contribution is 9.11. The summed E-state index contributed by atoms with van der Waals surface area (Å²) in [5.74, 6) is 0. The largest absolute Gasteiger partial charge is 0.327 e. The molecule has 0 saturated heterocycles. The predicted octanol–water partition coefficient (Wildman–Crippen LogP) is 3.55. The zero-order chi connectivity index (χ0) is 10.4. The molecule has 2 N–H and O–H groups in total. The van der Waals surface area contributed by atoms with Gasteiger partial charge in [0.2, 0.25) is 0 Å². The Kier molecular flexibility index (Phi) is 4.91. The van der Waals surface area contributed by atoms with Crippen LogP contribution in [0.1, 0.15) is 25.3 Å². The molecule has 0 radical (unpaired) electrons. The number of hydrogen-bond acceptors (Lipinski definition) is 1. The van der Waals surface area contributed by atoms with Gasteiger partial charge >= 0.3 is 0 Å². The molecular formula is C12H16BrN. The third-order valence-corrected chi connectivity index (χ3v) is 2.66. The molecule has 1 rings (SSSR count). The third kappa shape index (κ3) is 4.07. The van der Waals surface area contributed by atoms with Crippen LogP contribution in [0.3, 0.4) is 0 Å². The van der Waals surface area contributed by atoms with Crippen LogP contribution in [0.5, 0.6) is 0 Å². The molecule has 0 aliphatic rings. The van der Waals surface area contributed by atoms with Gasteiger partial charge in [-0.2, -0.15) is 0 Å². The Labute approximate surface area is 94.1 Å². The monoisotopic (exact) mass is 253 g/mol. The van der Waals surface area contributed by atoms with Crippen molar-refractivity contribution >= 4 is 22.0 Å². The van der Waals surface area contributed by atoms with E-state index < -0.39 is 0 Å². The Morgan fingerprint density at radius 1 is 1.43 bits per heavy atom. The number of rotatable bonds is 4. The van der Waals surface area contributed by atoms with E-state index in [1.165, 1.54) is 5.56 Å². The number of halogens is 1. The average Bonchev–Trinajstić information content (AvgIpc) is 2.19. The maximum atomic E-state index is 5.86. The highest BCUT2D eigenvalue weighted by atomic mass is 79.9. The van der Waals surface area contributed by atoms with Crippen LogP contribution in [0.4, 0.5) is 0 Å². The smallest absolute Gasteiger partial charge is 0.00818 e.